The van der Waals surface area contributed by atoms with Gasteiger partial charge < -0.3 is 39.4 Å². The Morgan fingerprint density at radius 1 is 0.550 bits per heavy atom. The normalized spacial score (nSPS) is 12.0. The first kappa shape index (κ1) is 19.7. The van der Waals surface area contributed by atoms with Crippen LogP contribution in [0.5, 0.6) is 0 Å². The maximum absolute atomic E-state index is 8.88. The van der Waals surface area contributed by atoms with E-state index in [0.29, 0.717) is 0 Å². The Bertz CT molecular complexity index is 175. The van der Waals surface area contributed by atoms with Crippen LogP contribution < -0.4 is 0 Å². The average molecular weight is 298 g/mol. The second-order valence-corrected chi connectivity index (χ2v) is 4.08. The van der Waals surface area contributed by atoms with Gasteiger partial charge in [0.25, 0.3) is 0 Å². The minimum atomic E-state index is -0.956. The molecular weight excluding hydrogens is 272 g/mol. The highest BCUT2D eigenvalue weighted by Gasteiger charge is 2.32. The van der Waals surface area contributed by atoms with Crippen LogP contribution in [-0.4, -0.2) is 98.7 Å². The van der Waals surface area contributed by atoms with Crippen molar-refractivity contribution in [2.45, 2.75) is 5.60 Å². The quantitative estimate of drug-likeness (QED) is 0.251. The summed E-state index contributed by atoms with van der Waals surface area (Å²) in [5, 5.41) is 35.1. The van der Waals surface area contributed by atoms with Crippen LogP contribution in [0.3, 0.4) is 0 Å². The minimum Gasteiger partial charge on any atom is -0.394 e. The first-order valence-electron chi connectivity index (χ1n) is 6.55. The number of hydrogen-bond donors (Lipinski definition) is 4. The Hall–Kier alpha value is -0.320. The molecule has 0 aromatic rings. The highest BCUT2D eigenvalue weighted by molar-refractivity contribution is 4.81. The molecule has 4 N–H and O–H groups in total. The van der Waals surface area contributed by atoms with E-state index in [4.69, 9.17) is 39.4 Å². The molecule has 0 spiro atoms. The third-order valence-corrected chi connectivity index (χ3v) is 2.30. The molecule has 122 valence electrons. The van der Waals surface area contributed by atoms with Crippen molar-refractivity contribution < 1.29 is 39.4 Å². The number of ether oxygens (including phenoxy) is 4. The zero-order valence-electron chi connectivity index (χ0n) is 11.7. The summed E-state index contributed by atoms with van der Waals surface area (Å²) in [5.74, 6) is 0. The third-order valence-electron chi connectivity index (χ3n) is 2.30. The molecule has 0 amide bonds. The van der Waals surface area contributed by atoms with Crippen LogP contribution in [0.25, 0.3) is 0 Å². The van der Waals surface area contributed by atoms with Gasteiger partial charge in [0.2, 0.25) is 0 Å². The van der Waals surface area contributed by atoms with Crippen molar-refractivity contribution in [1.29, 1.82) is 0 Å². The van der Waals surface area contributed by atoms with E-state index in [1.165, 1.54) is 0 Å². The molecule has 0 atom stereocenters. The molecule has 0 aliphatic carbocycles. The molecule has 0 rings (SSSR count). The van der Waals surface area contributed by atoms with E-state index in [-0.39, 0.29) is 72.7 Å². The van der Waals surface area contributed by atoms with Gasteiger partial charge in [-0.25, -0.2) is 0 Å². The molecule has 0 aromatic carbocycles. The lowest BCUT2D eigenvalue weighted by atomic mass is 10.1. The molecule has 20 heavy (non-hydrogen) atoms. The van der Waals surface area contributed by atoms with Crippen molar-refractivity contribution in [3.8, 4) is 0 Å². The van der Waals surface area contributed by atoms with Crippen molar-refractivity contribution in [2.24, 2.45) is 0 Å². The number of hydrogen-bond acceptors (Lipinski definition) is 8. The van der Waals surface area contributed by atoms with Crippen LogP contribution in [0.1, 0.15) is 0 Å². The Labute approximate surface area is 118 Å². The Morgan fingerprint density at radius 3 is 1.20 bits per heavy atom. The van der Waals surface area contributed by atoms with Crippen molar-refractivity contribution in [3.63, 3.8) is 0 Å². The fourth-order valence-electron chi connectivity index (χ4n) is 1.48. The molecule has 0 bridgehead atoms. The van der Waals surface area contributed by atoms with E-state index in [9.17, 15) is 0 Å². The predicted octanol–water partition coefficient (Wildman–Crippen LogP) is -2.24. The van der Waals surface area contributed by atoms with Gasteiger partial charge in [0.05, 0.1) is 72.7 Å². The van der Waals surface area contributed by atoms with Crippen LogP contribution in [0.4, 0.5) is 0 Å². The lowest BCUT2D eigenvalue weighted by molar-refractivity contribution is -0.173. The second-order valence-electron chi connectivity index (χ2n) is 4.08. The van der Waals surface area contributed by atoms with Gasteiger partial charge in [0.15, 0.2) is 0 Å². The van der Waals surface area contributed by atoms with Gasteiger partial charge in [-0.3, -0.25) is 0 Å². The Balaban J connectivity index is 4.48. The number of rotatable bonds is 15. The molecule has 0 saturated heterocycles. The highest BCUT2D eigenvalue weighted by atomic mass is 16.6. The van der Waals surface area contributed by atoms with E-state index in [2.05, 4.69) is 0 Å². The standard InChI is InChI=1S/C12H26O8/c13-1-5-17-9-12(20-8-4-16,10-18-6-2-14)11-19-7-3-15/h13-16H,1-11H2. The summed E-state index contributed by atoms with van der Waals surface area (Å²) in [6.07, 6.45) is 0. The van der Waals surface area contributed by atoms with Gasteiger partial charge >= 0.3 is 0 Å². The first-order chi connectivity index (χ1) is 9.74. The molecule has 0 aliphatic heterocycles. The summed E-state index contributed by atoms with van der Waals surface area (Å²) in [6, 6.07) is 0. The molecule has 0 saturated carbocycles. The summed E-state index contributed by atoms with van der Waals surface area (Å²) >= 11 is 0. The van der Waals surface area contributed by atoms with E-state index >= 15 is 0 Å². The summed E-state index contributed by atoms with van der Waals surface area (Å²) in [6.45, 7) is 0.286. The molecule has 0 radical (unpaired) electrons. The summed E-state index contributed by atoms with van der Waals surface area (Å²) in [5.41, 5.74) is -0.956. The zero-order chi connectivity index (χ0) is 15.1. The van der Waals surface area contributed by atoms with Crippen molar-refractivity contribution in [3.05, 3.63) is 0 Å². The molecule has 0 heterocycles. The zero-order valence-corrected chi connectivity index (χ0v) is 11.7. The van der Waals surface area contributed by atoms with Crippen LogP contribution in [0.2, 0.25) is 0 Å². The SMILES string of the molecule is OCCOCC(COCCO)(COCCO)OCCO. The van der Waals surface area contributed by atoms with Gasteiger partial charge in [0.1, 0.15) is 5.60 Å². The van der Waals surface area contributed by atoms with Crippen LogP contribution in [0, 0.1) is 0 Å². The molecule has 0 aliphatic rings. The van der Waals surface area contributed by atoms with Crippen LogP contribution >= 0.6 is 0 Å². The highest BCUT2D eigenvalue weighted by Crippen LogP contribution is 2.14. The molecule has 8 nitrogen and oxygen atoms in total. The van der Waals surface area contributed by atoms with Crippen molar-refractivity contribution >= 4 is 0 Å². The van der Waals surface area contributed by atoms with Crippen LogP contribution in [-0.2, 0) is 18.9 Å². The van der Waals surface area contributed by atoms with Crippen molar-refractivity contribution in [1.82, 2.24) is 0 Å². The molecule has 0 fully saturated rings. The topological polar surface area (TPSA) is 118 Å². The summed E-state index contributed by atoms with van der Waals surface area (Å²) in [4.78, 5) is 0. The summed E-state index contributed by atoms with van der Waals surface area (Å²) < 4.78 is 21.3. The third kappa shape index (κ3) is 9.56. The fraction of sp³-hybridized carbons (Fsp3) is 1.00. The maximum Gasteiger partial charge on any atom is 0.138 e. The molecule has 0 aromatic heterocycles. The minimum absolute atomic E-state index is 0.0768. The lowest BCUT2D eigenvalue weighted by Crippen LogP contribution is -2.48. The molecular formula is C12H26O8. The van der Waals surface area contributed by atoms with Gasteiger partial charge in [-0.1, -0.05) is 0 Å². The van der Waals surface area contributed by atoms with E-state index < -0.39 is 5.60 Å². The monoisotopic (exact) mass is 298 g/mol. The Kier molecular flexibility index (Phi) is 13.4. The van der Waals surface area contributed by atoms with E-state index in [1.807, 2.05) is 0 Å². The van der Waals surface area contributed by atoms with Crippen LogP contribution in [0.15, 0.2) is 0 Å². The van der Waals surface area contributed by atoms with Gasteiger partial charge in [-0.2, -0.15) is 0 Å². The van der Waals surface area contributed by atoms with Crippen molar-refractivity contribution in [2.75, 3.05) is 72.7 Å². The average Bonchev–Trinajstić information content (AvgIpc) is 2.46. The Morgan fingerprint density at radius 2 is 0.900 bits per heavy atom. The molecule has 0 unspecified atom stereocenters. The van der Waals surface area contributed by atoms with Gasteiger partial charge in [-0.15, -0.1) is 0 Å². The summed E-state index contributed by atoms with van der Waals surface area (Å²) in [7, 11) is 0. The first-order valence-corrected chi connectivity index (χ1v) is 6.55. The molecule has 8 heteroatoms. The number of aliphatic hydroxyl groups excluding tert-OH is 4. The second kappa shape index (κ2) is 13.7. The predicted molar refractivity (Wildman–Crippen MR) is 69.5 cm³/mol. The fourth-order valence-corrected chi connectivity index (χ4v) is 1.48. The van der Waals surface area contributed by atoms with E-state index in [1.54, 1.807) is 0 Å². The number of aliphatic hydroxyl groups is 4. The lowest BCUT2D eigenvalue weighted by Gasteiger charge is -2.33. The largest absolute Gasteiger partial charge is 0.394 e. The van der Waals surface area contributed by atoms with Gasteiger partial charge in [-0.05, 0) is 0 Å². The smallest absolute Gasteiger partial charge is 0.138 e. The maximum atomic E-state index is 8.88. The van der Waals surface area contributed by atoms with E-state index in [0.717, 1.165) is 0 Å². The van der Waals surface area contributed by atoms with Gasteiger partial charge in [0, 0.05) is 0 Å².